The highest BCUT2D eigenvalue weighted by Gasteiger charge is 2.14. The van der Waals surface area contributed by atoms with Gasteiger partial charge >= 0.3 is 5.97 Å². The topological polar surface area (TPSA) is 66.4 Å². The van der Waals surface area contributed by atoms with E-state index >= 15 is 0 Å². The summed E-state index contributed by atoms with van der Waals surface area (Å²) in [6.07, 6.45) is 0.196. The molecule has 0 saturated carbocycles. The predicted molar refractivity (Wildman–Crippen MR) is 50.6 cm³/mol. The predicted octanol–water partition coefficient (Wildman–Crippen LogP) is 1.09. The Labute approximate surface area is 85.7 Å². The average Bonchev–Trinajstić information content (AvgIpc) is 2.17. The number of carbonyl (C=O) groups is 2. The van der Waals surface area contributed by atoms with Gasteiger partial charge in [0.2, 0.25) is 6.41 Å². The maximum absolute atomic E-state index is 12.6. The normalized spacial score (nSPS) is 11.8. The first-order chi connectivity index (χ1) is 7.13. The Bertz CT molecular complexity index is 350. The summed E-state index contributed by atoms with van der Waals surface area (Å²) in [4.78, 5) is 20.8. The lowest BCUT2D eigenvalue weighted by Crippen LogP contribution is -2.22. The van der Waals surface area contributed by atoms with Crippen molar-refractivity contribution in [2.75, 3.05) is 0 Å². The number of amides is 1. The molecule has 0 spiro atoms. The van der Waals surface area contributed by atoms with Crippen LogP contribution in [-0.2, 0) is 9.59 Å². The Morgan fingerprint density at radius 2 is 2.07 bits per heavy atom. The molecule has 1 atom stereocenters. The molecule has 1 unspecified atom stereocenters. The standard InChI is InChI=1S/C10H10FNO3/c11-8-3-1-7(2-4-8)9(12-6-13)5-10(14)15/h1-4,6,9H,5H2,(H,12,13)(H,14,15). The van der Waals surface area contributed by atoms with Crippen molar-refractivity contribution in [2.24, 2.45) is 0 Å². The van der Waals surface area contributed by atoms with Gasteiger partial charge in [-0.1, -0.05) is 12.1 Å². The maximum atomic E-state index is 12.6. The lowest BCUT2D eigenvalue weighted by atomic mass is 10.0. The summed E-state index contributed by atoms with van der Waals surface area (Å²) < 4.78 is 12.6. The largest absolute Gasteiger partial charge is 0.481 e. The van der Waals surface area contributed by atoms with Gasteiger partial charge in [-0.3, -0.25) is 9.59 Å². The minimum Gasteiger partial charge on any atom is -0.481 e. The van der Waals surface area contributed by atoms with Crippen molar-refractivity contribution in [2.45, 2.75) is 12.5 Å². The molecule has 15 heavy (non-hydrogen) atoms. The number of carbonyl (C=O) groups excluding carboxylic acids is 1. The molecule has 0 aliphatic heterocycles. The Balaban J connectivity index is 2.83. The number of hydrogen-bond acceptors (Lipinski definition) is 2. The summed E-state index contributed by atoms with van der Waals surface area (Å²) >= 11 is 0. The number of hydrogen-bond donors (Lipinski definition) is 2. The van der Waals surface area contributed by atoms with Crippen LogP contribution in [0, 0.1) is 5.82 Å². The molecular weight excluding hydrogens is 201 g/mol. The van der Waals surface area contributed by atoms with Crippen LogP contribution < -0.4 is 5.32 Å². The van der Waals surface area contributed by atoms with Crippen molar-refractivity contribution >= 4 is 12.4 Å². The van der Waals surface area contributed by atoms with Crippen molar-refractivity contribution < 1.29 is 19.1 Å². The zero-order valence-electron chi connectivity index (χ0n) is 7.81. The van der Waals surface area contributed by atoms with Crippen LogP contribution in [0.5, 0.6) is 0 Å². The molecule has 80 valence electrons. The maximum Gasteiger partial charge on any atom is 0.305 e. The van der Waals surface area contributed by atoms with Crippen LogP contribution in [0.25, 0.3) is 0 Å². The Morgan fingerprint density at radius 1 is 1.47 bits per heavy atom. The van der Waals surface area contributed by atoms with E-state index in [1.807, 2.05) is 0 Å². The van der Waals surface area contributed by atoms with Gasteiger partial charge in [-0.05, 0) is 17.7 Å². The number of aliphatic carboxylic acids is 1. The van der Waals surface area contributed by atoms with E-state index in [0.717, 1.165) is 0 Å². The van der Waals surface area contributed by atoms with E-state index in [9.17, 15) is 14.0 Å². The smallest absolute Gasteiger partial charge is 0.305 e. The third kappa shape index (κ3) is 3.38. The molecule has 1 amide bonds. The Hall–Kier alpha value is -1.91. The summed E-state index contributed by atoms with van der Waals surface area (Å²) in [7, 11) is 0. The van der Waals surface area contributed by atoms with Gasteiger partial charge < -0.3 is 10.4 Å². The van der Waals surface area contributed by atoms with Crippen LogP contribution >= 0.6 is 0 Å². The van der Waals surface area contributed by atoms with Gasteiger partial charge in [0, 0.05) is 0 Å². The fraction of sp³-hybridized carbons (Fsp3) is 0.200. The molecule has 0 heterocycles. The molecule has 0 aliphatic rings. The highest BCUT2D eigenvalue weighted by Crippen LogP contribution is 2.16. The van der Waals surface area contributed by atoms with Gasteiger partial charge in [-0.2, -0.15) is 0 Å². The van der Waals surface area contributed by atoms with Crippen LogP contribution in [0.1, 0.15) is 18.0 Å². The van der Waals surface area contributed by atoms with E-state index in [1.165, 1.54) is 24.3 Å². The van der Waals surface area contributed by atoms with Gasteiger partial charge in [-0.15, -0.1) is 0 Å². The molecule has 1 rings (SSSR count). The van der Waals surface area contributed by atoms with Crippen molar-refractivity contribution in [1.82, 2.24) is 5.32 Å². The number of benzene rings is 1. The molecule has 0 bridgehead atoms. The van der Waals surface area contributed by atoms with Gasteiger partial charge in [-0.25, -0.2) is 4.39 Å². The second kappa shape index (κ2) is 5.09. The van der Waals surface area contributed by atoms with Gasteiger partial charge in [0.05, 0.1) is 12.5 Å². The number of halogens is 1. The zero-order valence-corrected chi connectivity index (χ0v) is 7.81. The molecule has 0 radical (unpaired) electrons. The molecule has 0 saturated heterocycles. The fourth-order valence-corrected chi connectivity index (χ4v) is 1.22. The van der Waals surface area contributed by atoms with Crippen LogP contribution in [0.3, 0.4) is 0 Å². The van der Waals surface area contributed by atoms with Crippen LogP contribution in [0.2, 0.25) is 0 Å². The SMILES string of the molecule is O=CNC(CC(=O)O)c1ccc(F)cc1. The third-order valence-electron chi connectivity index (χ3n) is 1.92. The number of carboxylic acid groups (broad SMARTS) is 1. The highest BCUT2D eigenvalue weighted by atomic mass is 19.1. The monoisotopic (exact) mass is 211 g/mol. The first kappa shape index (κ1) is 11.2. The van der Waals surface area contributed by atoms with E-state index in [0.29, 0.717) is 12.0 Å². The average molecular weight is 211 g/mol. The van der Waals surface area contributed by atoms with Crippen molar-refractivity contribution in [1.29, 1.82) is 0 Å². The van der Waals surface area contributed by atoms with E-state index in [2.05, 4.69) is 5.32 Å². The molecule has 1 aromatic rings. The molecular formula is C10H10FNO3. The number of nitrogens with one attached hydrogen (secondary N) is 1. The molecule has 0 aliphatic carbocycles. The van der Waals surface area contributed by atoms with Crippen molar-refractivity contribution in [3.8, 4) is 0 Å². The second-order valence-electron chi connectivity index (χ2n) is 2.99. The summed E-state index contributed by atoms with van der Waals surface area (Å²) in [6.45, 7) is 0. The quantitative estimate of drug-likeness (QED) is 0.716. The summed E-state index contributed by atoms with van der Waals surface area (Å²) in [6, 6.07) is 4.70. The van der Waals surface area contributed by atoms with E-state index in [1.54, 1.807) is 0 Å². The summed E-state index contributed by atoms with van der Waals surface area (Å²) in [5.74, 6) is -1.43. The zero-order chi connectivity index (χ0) is 11.3. The third-order valence-corrected chi connectivity index (χ3v) is 1.92. The molecule has 4 nitrogen and oxygen atoms in total. The molecule has 0 fully saturated rings. The minimum atomic E-state index is -1.03. The van der Waals surface area contributed by atoms with Crippen molar-refractivity contribution in [3.05, 3.63) is 35.6 Å². The van der Waals surface area contributed by atoms with Gasteiger partial charge in [0.1, 0.15) is 5.82 Å². The first-order valence-corrected chi connectivity index (χ1v) is 4.30. The Kier molecular flexibility index (Phi) is 3.79. The van der Waals surface area contributed by atoms with Crippen molar-refractivity contribution in [3.63, 3.8) is 0 Å². The second-order valence-corrected chi connectivity index (χ2v) is 2.99. The van der Waals surface area contributed by atoms with Crippen LogP contribution in [-0.4, -0.2) is 17.5 Å². The van der Waals surface area contributed by atoms with E-state index < -0.39 is 17.8 Å². The van der Waals surface area contributed by atoms with Crippen LogP contribution in [0.15, 0.2) is 24.3 Å². The van der Waals surface area contributed by atoms with E-state index in [4.69, 9.17) is 5.11 Å². The number of carboxylic acids is 1. The van der Waals surface area contributed by atoms with E-state index in [-0.39, 0.29) is 6.42 Å². The number of rotatable bonds is 5. The minimum absolute atomic E-state index is 0.232. The lowest BCUT2D eigenvalue weighted by Gasteiger charge is -2.13. The fourth-order valence-electron chi connectivity index (χ4n) is 1.22. The first-order valence-electron chi connectivity index (χ1n) is 4.30. The Morgan fingerprint density at radius 3 is 2.53 bits per heavy atom. The molecule has 0 aromatic heterocycles. The molecule has 2 N–H and O–H groups in total. The summed E-state index contributed by atoms with van der Waals surface area (Å²) in [5.41, 5.74) is 0.561. The van der Waals surface area contributed by atoms with Gasteiger partial charge in [0.25, 0.3) is 0 Å². The lowest BCUT2D eigenvalue weighted by molar-refractivity contribution is -0.137. The summed E-state index contributed by atoms with van der Waals surface area (Å²) in [5, 5.41) is 11.0. The van der Waals surface area contributed by atoms with Gasteiger partial charge in [0.15, 0.2) is 0 Å². The highest BCUT2D eigenvalue weighted by molar-refractivity contribution is 5.68. The molecule has 1 aromatic carbocycles. The van der Waals surface area contributed by atoms with Crippen LogP contribution in [0.4, 0.5) is 4.39 Å². The molecule has 5 heteroatoms.